The maximum Gasteiger partial charge on any atom is 0.325 e. The highest BCUT2D eigenvalue weighted by atomic mass is 16.5. The van der Waals surface area contributed by atoms with E-state index in [4.69, 9.17) is 15.9 Å². The van der Waals surface area contributed by atoms with E-state index in [1.54, 1.807) is 0 Å². The van der Waals surface area contributed by atoms with Crippen molar-refractivity contribution in [2.75, 3.05) is 13.2 Å². The smallest absolute Gasteiger partial charge is 0.325 e. The fraction of sp³-hybridized carbons (Fsp3) is 0.647. The molecule has 2 unspecified atom stereocenters. The fourth-order valence-electron chi connectivity index (χ4n) is 2.18. The van der Waals surface area contributed by atoms with Crippen molar-refractivity contribution in [3.05, 3.63) is 24.8 Å². The molecule has 0 bridgehead atoms. The third-order valence-electron chi connectivity index (χ3n) is 3.72. The molecule has 0 aliphatic rings. The van der Waals surface area contributed by atoms with E-state index >= 15 is 0 Å². The zero-order valence-corrected chi connectivity index (χ0v) is 14.0. The summed E-state index contributed by atoms with van der Waals surface area (Å²) in [6, 6.07) is 0. The van der Waals surface area contributed by atoms with Gasteiger partial charge >= 0.3 is 5.97 Å². The highest BCUT2D eigenvalue weighted by Crippen LogP contribution is 2.24. The van der Waals surface area contributed by atoms with Crippen LogP contribution in [0.3, 0.4) is 0 Å². The van der Waals surface area contributed by atoms with Crippen molar-refractivity contribution in [2.24, 2.45) is 17.6 Å². The molecule has 0 aliphatic heterocycles. The Morgan fingerprint density at radius 3 is 2.59 bits per heavy atom. The summed E-state index contributed by atoms with van der Waals surface area (Å²) in [5.41, 5.74) is 6.33. The van der Waals surface area contributed by atoms with Gasteiger partial charge in [-0.3, -0.25) is 10.2 Å². The van der Waals surface area contributed by atoms with Gasteiger partial charge in [0.05, 0.1) is 6.61 Å². The number of hydrogen-bond donors (Lipinski definition) is 3. The van der Waals surface area contributed by atoms with Gasteiger partial charge in [0.2, 0.25) is 0 Å². The van der Waals surface area contributed by atoms with Crippen LogP contribution in [0.4, 0.5) is 0 Å². The highest BCUT2D eigenvalue weighted by molar-refractivity contribution is 5.80. The Balaban J connectivity index is 3.85. The zero-order chi connectivity index (χ0) is 17.0. The van der Waals surface area contributed by atoms with Crippen LogP contribution in [0.2, 0.25) is 0 Å². The van der Waals surface area contributed by atoms with Crippen LogP contribution >= 0.6 is 0 Å². The predicted molar refractivity (Wildman–Crippen MR) is 91.6 cm³/mol. The summed E-state index contributed by atoms with van der Waals surface area (Å²) in [6.45, 7) is 12.4. The van der Waals surface area contributed by atoms with Crippen molar-refractivity contribution in [3.63, 3.8) is 0 Å². The number of rotatable bonds is 12. The molecule has 2 atom stereocenters. The normalized spacial score (nSPS) is 13.0. The average molecular weight is 309 g/mol. The minimum atomic E-state index is -0.381. The summed E-state index contributed by atoms with van der Waals surface area (Å²) in [5.74, 6) is 0.436. The number of carbonyl (C=O) groups excluding carboxylic acids is 1. The van der Waals surface area contributed by atoms with Gasteiger partial charge in [0.25, 0.3) is 0 Å². The Kier molecular flexibility index (Phi) is 10.9. The molecule has 0 aromatic rings. The van der Waals surface area contributed by atoms with E-state index in [9.17, 15) is 4.79 Å². The Labute approximate surface area is 134 Å². The fourth-order valence-corrected chi connectivity index (χ4v) is 2.18. The van der Waals surface area contributed by atoms with Crippen LogP contribution in [0.5, 0.6) is 0 Å². The van der Waals surface area contributed by atoms with Crippen LogP contribution in [0.1, 0.15) is 46.0 Å². The minimum absolute atomic E-state index is 0.0526. The van der Waals surface area contributed by atoms with Crippen molar-refractivity contribution in [3.8, 4) is 0 Å². The lowest BCUT2D eigenvalue weighted by molar-refractivity contribution is -0.142. The van der Waals surface area contributed by atoms with E-state index in [2.05, 4.69) is 32.3 Å². The number of ether oxygens (including phenoxy) is 1. The predicted octanol–water partition coefficient (Wildman–Crippen LogP) is 2.98. The Morgan fingerprint density at radius 1 is 1.36 bits per heavy atom. The molecular weight excluding hydrogens is 278 g/mol. The molecule has 5 nitrogen and oxygen atoms in total. The first kappa shape index (κ1) is 20.2. The SMILES string of the molecule is C=CCCC(CCC(C)CCOC(=O)CNC(=N)N)C(=C)C. The first-order valence-corrected chi connectivity index (χ1v) is 7.86. The van der Waals surface area contributed by atoms with Crippen LogP contribution in [0.15, 0.2) is 24.8 Å². The number of esters is 1. The average Bonchev–Trinajstić information content (AvgIpc) is 2.44. The number of nitrogens with one attached hydrogen (secondary N) is 2. The number of hydrogen-bond acceptors (Lipinski definition) is 3. The number of allylic oxidation sites excluding steroid dienone is 2. The lowest BCUT2D eigenvalue weighted by Crippen LogP contribution is -2.35. The molecule has 0 amide bonds. The van der Waals surface area contributed by atoms with Crippen LogP contribution in [0.25, 0.3) is 0 Å². The lowest BCUT2D eigenvalue weighted by atomic mass is 9.88. The highest BCUT2D eigenvalue weighted by Gasteiger charge is 2.12. The first-order chi connectivity index (χ1) is 10.4. The van der Waals surface area contributed by atoms with Gasteiger partial charge in [-0.25, -0.2) is 0 Å². The molecule has 0 saturated carbocycles. The van der Waals surface area contributed by atoms with E-state index in [-0.39, 0.29) is 18.5 Å². The van der Waals surface area contributed by atoms with E-state index < -0.39 is 0 Å². The van der Waals surface area contributed by atoms with Gasteiger partial charge in [-0.2, -0.15) is 0 Å². The summed E-state index contributed by atoms with van der Waals surface area (Å²) in [7, 11) is 0. The third kappa shape index (κ3) is 10.9. The van der Waals surface area contributed by atoms with Gasteiger partial charge in [0.15, 0.2) is 5.96 Å². The molecule has 0 aliphatic carbocycles. The van der Waals surface area contributed by atoms with Crippen molar-refractivity contribution < 1.29 is 9.53 Å². The molecule has 0 saturated heterocycles. The Morgan fingerprint density at radius 2 is 2.05 bits per heavy atom. The summed E-state index contributed by atoms with van der Waals surface area (Å²) in [5, 5.41) is 9.38. The van der Waals surface area contributed by atoms with Crippen molar-refractivity contribution in [2.45, 2.75) is 46.0 Å². The van der Waals surface area contributed by atoms with Gasteiger partial charge in [0, 0.05) is 0 Å². The van der Waals surface area contributed by atoms with Gasteiger partial charge in [-0.1, -0.05) is 31.6 Å². The summed E-state index contributed by atoms with van der Waals surface area (Å²) in [6.07, 6.45) is 7.14. The second-order valence-corrected chi connectivity index (χ2v) is 5.87. The lowest BCUT2D eigenvalue weighted by Gasteiger charge is -2.19. The van der Waals surface area contributed by atoms with Crippen LogP contribution in [-0.4, -0.2) is 25.1 Å². The van der Waals surface area contributed by atoms with Crippen molar-refractivity contribution in [1.82, 2.24) is 5.32 Å². The second-order valence-electron chi connectivity index (χ2n) is 5.87. The molecule has 0 aromatic heterocycles. The summed E-state index contributed by atoms with van der Waals surface area (Å²) in [4.78, 5) is 11.3. The molecule has 0 heterocycles. The Bertz CT molecular complexity index is 380. The minimum Gasteiger partial charge on any atom is -0.464 e. The first-order valence-electron chi connectivity index (χ1n) is 7.86. The number of carbonyl (C=O) groups is 1. The number of guanidine groups is 1. The molecule has 0 fully saturated rings. The molecule has 0 radical (unpaired) electrons. The number of nitrogens with two attached hydrogens (primary N) is 1. The topological polar surface area (TPSA) is 88.2 Å². The van der Waals surface area contributed by atoms with E-state index in [0.29, 0.717) is 18.4 Å². The Hall–Kier alpha value is -1.78. The maximum absolute atomic E-state index is 11.3. The largest absolute Gasteiger partial charge is 0.464 e. The standard InChI is InChI=1S/C17H31N3O2/c1-5-6-7-15(13(2)3)9-8-14(4)10-11-22-16(21)12-20-17(18)19/h5,14-15H,1-2,6-12H2,3-4H3,(H4,18,19,20). The van der Waals surface area contributed by atoms with E-state index in [1.807, 2.05) is 6.08 Å². The zero-order valence-electron chi connectivity index (χ0n) is 14.0. The van der Waals surface area contributed by atoms with Gasteiger partial charge in [0.1, 0.15) is 6.54 Å². The van der Waals surface area contributed by atoms with Gasteiger partial charge in [-0.05, 0) is 44.4 Å². The van der Waals surface area contributed by atoms with Crippen molar-refractivity contribution >= 4 is 11.9 Å². The summed E-state index contributed by atoms with van der Waals surface area (Å²) < 4.78 is 5.10. The van der Waals surface area contributed by atoms with Crippen molar-refractivity contribution in [1.29, 1.82) is 5.41 Å². The second kappa shape index (κ2) is 11.8. The molecular formula is C17H31N3O2. The molecule has 5 heteroatoms. The quantitative estimate of drug-likeness (QED) is 0.224. The molecule has 0 rings (SSSR count). The maximum atomic E-state index is 11.3. The molecule has 0 spiro atoms. The molecule has 22 heavy (non-hydrogen) atoms. The summed E-state index contributed by atoms with van der Waals surface area (Å²) >= 11 is 0. The van der Waals surface area contributed by atoms with Gasteiger partial charge < -0.3 is 15.8 Å². The molecule has 4 N–H and O–H groups in total. The molecule has 126 valence electrons. The van der Waals surface area contributed by atoms with Crippen LogP contribution in [0, 0.1) is 17.2 Å². The van der Waals surface area contributed by atoms with Crippen LogP contribution in [-0.2, 0) is 9.53 Å². The van der Waals surface area contributed by atoms with E-state index in [1.165, 1.54) is 5.57 Å². The van der Waals surface area contributed by atoms with E-state index in [0.717, 1.165) is 32.1 Å². The van der Waals surface area contributed by atoms with Gasteiger partial charge in [-0.15, -0.1) is 6.58 Å². The van der Waals surface area contributed by atoms with Crippen LogP contribution < -0.4 is 11.1 Å². The monoisotopic (exact) mass is 309 g/mol. The third-order valence-corrected chi connectivity index (χ3v) is 3.72. The molecule has 0 aromatic carbocycles.